The summed E-state index contributed by atoms with van der Waals surface area (Å²) in [6, 6.07) is -0.0303. The van der Waals surface area contributed by atoms with Crippen molar-refractivity contribution in [2.75, 3.05) is 46.9 Å². The molecule has 6 heteroatoms. The molecule has 0 saturated carbocycles. The summed E-state index contributed by atoms with van der Waals surface area (Å²) >= 11 is 0. The Morgan fingerprint density at radius 2 is 2.14 bits per heavy atom. The minimum Gasteiger partial charge on any atom is -0.375 e. The van der Waals surface area contributed by atoms with E-state index in [2.05, 4.69) is 11.9 Å². The minimum atomic E-state index is -0.121. The van der Waals surface area contributed by atoms with Gasteiger partial charge in [-0.2, -0.15) is 0 Å². The number of amides is 3. The molecule has 1 saturated heterocycles. The average molecular weight is 297 g/mol. The fourth-order valence-electron chi connectivity index (χ4n) is 2.28. The second-order valence-electron chi connectivity index (χ2n) is 5.76. The van der Waals surface area contributed by atoms with Crippen molar-refractivity contribution in [1.29, 1.82) is 0 Å². The van der Waals surface area contributed by atoms with Gasteiger partial charge in [0.15, 0.2) is 0 Å². The molecule has 0 spiro atoms. The highest BCUT2D eigenvalue weighted by atomic mass is 16.5. The molecule has 6 nitrogen and oxygen atoms in total. The zero-order chi connectivity index (χ0) is 15.8. The topological polar surface area (TPSA) is 61.9 Å². The van der Waals surface area contributed by atoms with Crippen molar-refractivity contribution in [3.8, 4) is 0 Å². The van der Waals surface area contributed by atoms with Gasteiger partial charge in [0.05, 0.1) is 19.1 Å². The molecule has 0 aromatic carbocycles. The van der Waals surface area contributed by atoms with E-state index in [4.69, 9.17) is 4.74 Å². The van der Waals surface area contributed by atoms with Crippen molar-refractivity contribution in [1.82, 2.24) is 15.1 Å². The first kappa shape index (κ1) is 17.5. The fraction of sp³-hybridized carbons (Fsp3) is 0.733. The number of urea groups is 1. The van der Waals surface area contributed by atoms with Gasteiger partial charge in [-0.3, -0.25) is 4.79 Å². The normalized spacial score (nSPS) is 18.2. The number of carbonyl (C=O) groups excluding carboxylic acids is 2. The molecule has 1 atom stereocenters. The summed E-state index contributed by atoms with van der Waals surface area (Å²) in [6.07, 6.45) is 1.69. The Kier molecular flexibility index (Phi) is 7.22. The summed E-state index contributed by atoms with van der Waals surface area (Å²) in [6.45, 7) is 8.35. The zero-order valence-electron chi connectivity index (χ0n) is 13.4. The van der Waals surface area contributed by atoms with Crippen LogP contribution in [0.5, 0.6) is 0 Å². The highest BCUT2D eigenvalue weighted by Gasteiger charge is 2.28. The molecule has 1 rings (SSSR count). The summed E-state index contributed by atoms with van der Waals surface area (Å²) in [5.74, 6) is -0.117. The molecule has 1 aliphatic rings. The van der Waals surface area contributed by atoms with Crippen LogP contribution in [0, 0.1) is 5.92 Å². The van der Waals surface area contributed by atoms with Crippen LogP contribution in [0.15, 0.2) is 12.2 Å². The smallest absolute Gasteiger partial charge is 0.319 e. The monoisotopic (exact) mass is 297 g/mol. The van der Waals surface area contributed by atoms with E-state index in [1.807, 2.05) is 6.92 Å². The molecule has 0 radical (unpaired) electrons. The molecular formula is C15H27N3O3. The molecule has 21 heavy (non-hydrogen) atoms. The van der Waals surface area contributed by atoms with Crippen LogP contribution in [0.3, 0.4) is 0 Å². The van der Waals surface area contributed by atoms with Gasteiger partial charge in [0.25, 0.3) is 0 Å². The van der Waals surface area contributed by atoms with Crippen molar-refractivity contribution >= 4 is 11.9 Å². The highest BCUT2D eigenvalue weighted by Crippen LogP contribution is 2.17. The van der Waals surface area contributed by atoms with Gasteiger partial charge < -0.3 is 19.9 Å². The second-order valence-corrected chi connectivity index (χ2v) is 5.76. The van der Waals surface area contributed by atoms with Crippen molar-refractivity contribution in [2.24, 2.45) is 5.92 Å². The first-order valence-corrected chi connectivity index (χ1v) is 7.38. The van der Waals surface area contributed by atoms with Crippen molar-refractivity contribution in [3.05, 3.63) is 12.2 Å². The number of nitrogens with zero attached hydrogens (tertiary/aromatic N) is 2. The third-order valence-electron chi connectivity index (χ3n) is 3.34. The quantitative estimate of drug-likeness (QED) is 0.590. The Morgan fingerprint density at radius 1 is 1.43 bits per heavy atom. The largest absolute Gasteiger partial charge is 0.375 e. The van der Waals surface area contributed by atoms with E-state index in [1.165, 1.54) is 0 Å². The number of carbonyl (C=O) groups is 2. The Labute approximate surface area is 127 Å². The third kappa shape index (κ3) is 6.16. The summed E-state index contributed by atoms with van der Waals surface area (Å²) in [4.78, 5) is 27.3. The van der Waals surface area contributed by atoms with Gasteiger partial charge in [0, 0.05) is 33.7 Å². The number of hydrogen-bond acceptors (Lipinski definition) is 3. The van der Waals surface area contributed by atoms with Crippen LogP contribution in [-0.4, -0.2) is 68.7 Å². The number of rotatable bonds is 6. The van der Waals surface area contributed by atoms with Crippen LogP contribution in [0.1, 0.15) is 19.8 Å². The maximum Gasteiger partial charge on any atom is 0.319 e. The lowest BCUT2D eigenvalue weighted by atomic mass is 9.97. The second kappa shape index (κ2) is 8.67. The summed E-state index contributed by atoms with van der Waals surface area (Å²) in [5.41, 5.74) is 0.964. The average Bonchev–Trinajstić information content (AvgIpc) is 2.45. The number of nitrogens with one attached hydrogen (secondary N) is 1. The number of piperidine rings is 1. The Bertz CT molecular complexity index is 382. The van der Waals surface area contributed by atoms with Gasteiger partial charge >= 0.3 is 6.03 Å². The Balaban J connectivity index is 2.30. The molecule has 0 aliphatic carbocycles. The first-order valence-electron chi connectivity index (χ1n) is 7.38. The van der Waals surface area contributed by atoms with E-state index in [0.717, 1.165) is 25.0 Å². The maximum atomic E-state index is 12.1. The molecular weight excluding hydrogens is 270 g/mol. The first-order chi connectivity index (χ1) is 9.91. The minimum absolute atomic E-state index is 0.00480. The van der Waals surface area contributed by atoms with Crippen LogP contribution < -0.4 is 5.32 Å². The van der Waals surface area contributed by atoms with Crippen LogP contribution in [0.25, 0.3) is 0 Å². The van der Waals surface area contributed by atoms with E-state index >= 15 is 0 Å². The van der Waals surface area contributed by atoms with Gasteiger partial charge in [-0.05, 0) is 19.8 Å². The molecule has 0 aromatic heterocycles. The molecule has 1 heterocycles. The lowest BCUT2D eigenvalue weighted by Crippen LogP contribution is -2.48. The SMILES string of the molecule is C=C(C)COCCNC(=O)C1CCCN(C(=O)N(C)C)C1. The van der Waals surface area contributed by atoms with E-state index in [0.29, 0.717) is 26.3 Å². The lowest BCUT2D eigenvalue weighted by Gasteiger charge is -2.33. The molecule has 3 amide bonds. The zero-order valence-corrected chi connectivity index (χ0v) is 13.4. The van der Waals surface area contributed by atoms with Crippen LogP contribution >= 0.6 is 0 Å². The maximum absolute atomic E-state index is 12.1. The van der Waals surface area contributed by atoms with Gasteiger partial charge in [-0.1, -0.05) is 12.2 Å². The molecule has 1 unspecified atom stereocenters. The van der Waals surface area contributed by atoms with Crippen molar-refractivity contribution in [2.45, 2.75) is 19.8 Å². The number of hydrogen-bond donors (Lipinski definition) is 1. The van der Waals surface area contributed by atoms with Crippen molar-refractivity contribution < 1.29 is 14.3 Å². The van der Waals surface area contributed by atoms with Gasteiger partial charge in [0.2, 0.25) is 5.91 Å². The number of likely N-dealkylation sites (tertiary alicyclic amines) is 1. The fourth-order valence-corrected chi connectivity index (χ4v) is 2.28. The van der Waals surface area contributed by atoms with Crippen LogP contribution in [0.2, 0.25) is 0 Å². The molecule has 120 valence electrons. The van der Waals surface area contributed by atoms with E-state index in [1.54, 1.807) is 23.9 Å². The third-order valence-corrected chi connectivity index (χ3v) is 3.34. The van der Waals surface area contributed by atoms with Crippen molar-refractivity contribution in [3.63, 3.8) is 0 Å². The lowest BCUT2D eigenvalue weighted by molar-refractivity contribution is -0.126. The standard InChI is InChI=1S/C15H27N3O3/c1-12(2)11-21-9-7-16-14(19)13-6-5-8-18(10-13)15(20)17(3)4/h13H,1,5-11H2,2-4H3,(H,16,19). The summed E-state index contributed by atoms with van der Waals surface area (Å²) < 4.78 is 5.34. The van der Waals surface area contributed by atoms with Gasteiger partial charge in [-0.15, -0.1) is 0 Å². The van der Waals surface area contributed by atoms with E-state index < -0.39 is 0 Å². The molecule has 1 N–H and O–H groups in total. The number of ether oxygens (including phenoxy) is 1. The van der Waals surface area contributed by atoms with E-state index in [-0.39, 0.29) is 17.9 Å². The van der Waals surface area contributed by atoms with Crippen LogP contribution in [0.4, 0.5) is 4.79 Å². The Morgan fingerprint density at radius 3 is 2.76 bits per heavy atom. The Hall–Kier alpha value is -1.56. The van der Waals surface area contributed by atoms with Gasteiger partial charge in [-0.25, -0.2) is 4.79 Å². The predicted octanol–water partition coefficient (Wildman–Crippen LogP) is 1.09. The molecule has 1 aliphatic heterocycles. The summed E-state index contributed by atoms with van der Waals surface area (Å²) in [5, 5.41) is 2.87. The summed E-state index contributed by atoms with van der Waals surface area (Å²) in [7, 11) is 3.45. The molecule has 1 fully saturated rings. The van der Waals surface area contributed by atoms with Gasteiger partial charge in [0.1, 0.15) is 0 Å². The molecule has 0 bridgehead atoms. The molecule has 0 aromatic rings. The highest BCUT2D eigenvalue weighted by molar-refractivity contribution is 5.80. The van der Waals surface area contributed by atoms with E-state index in [9.17, 15) is 9.59 Å². The van der Waals surface area contributed by atoms with Crippen LogP contribution in [-0.2, 0) is 9.53 Å². The predicted molar refractivity (Wildman–Crippen MR) is 82.0 cm³/mol.